The predicted octanol–water partition coefficient (Wildman–Crippen LogP) is -0.861. The summed E-state index contributed by atoms with van der Waals surface area (Å²) in [5.74, 6) is -2.06. The number of rotatable bonds is 0. The zero-order valence-corrected chi connectivity index (χ0v) is 16.5. The first kappa shape index (κ1) is 20.0. The second kappa shape index (κ2) is 5.25. The van der Waals surface area contributed by atoms with Crippen molar-refractivity contribution < 1.29 is 35.7 Å². The predicted molar refractivity (Wildman–Crippen MR) is 95.4 cm³/mol. The zero-order chi connectivity index (χ0) is 20.4. The van der Waals surface area contributed by atoms with Crippen LogP contribution in [0.2, 0.25) is 0 Å². The van der Waals surface area contributed by atoms with Gasteiger partial charge in [0, 0.05) is 22.7 Å². The van der Waals surface area contributed by atoms with Gasteiger partial charge in [-0.05, 0) is 45.4 Å². The van der Waals surface area contributed by atoms with E-state index < -0.39 is 63.9 Å². The van der Waals surface area contributed by atoms with E-state index >= 15 is 0 Å². The molecule has 1 spiro atoms. The molecule has 0 aromatic carbocycles. The molecule has 0 aromatic heterocycles. The molecule has 4 saturated carbocycles. The maximum atomic E-state index is 11.7. The van der Waals surface area contributed by atoms with E-state index in [0.717, 1.165) is 0 Å². The number of hydrogen-bond acceptors (Lipinski definition) is 7. The van der Waals surface area contributed by atoms with Crippen LogP contribution in [-0.2, 0) is 0 Å². The minimum atomic E-state index is -1.94. The molecule has 4 aliphatic rings. The van der Waals surface area contributed by atoms with Crippen molar-refractivity contribution in [1.82, 2.24) is 0 Å². The van der Waals surface area contributed by atoms with Gasteiger partial charge in [-0.25, -0.2) is 0 Å². The van der Waals surface area contributed by atoms with Crippen LogP contribution in [0, 0.1) is 28.6 Å². The van der Waals surface area contributed by atoms with Gasteiger partial charge in [-0.15, -0.1) is 0 Å². The summed E-state index contributed by atoms with van der Waals surface area (Å²) >= 11 is 0. The lowest BCUT2D eigenvalue weighted by atomic mass is 9.57. The Morgan fingerprint density at radius 2 is 1.41 bits per heavy atom. The van der Waals surface area contributed by atoms with Crippen LogP contribution >= 0.6 is 0 Å². The first-order valence-electron chi connectivity index (χ1n) is 10.0. The highest BCUT2D eigenvalue weighted by atomic mass is 16.4. The van der Waals surface area contributed by atoms with Gasteiger partial charge < -0.3 is 35.7 Å². The second-order valence-electron chi connectivity index (χ2n) is 10.9. The van der Waals surface area contributed by atoms with Crippen molar-refractivity contribution in [3.05, 3.63) is 0 Å². The van der Waals surface area contributed by atoms with Gasteiger partial charge in [0.1, 0.15) is 5.60 Å². The fraction of sp³-hybridized carbons (Fsp3) is 1.00. The SMILES string of the molecule is CC1(C)[C@@H](O)[C@@H](O)[C@H]2[C@](C)(O)[C@@H]3CC[C@@H]4[C@H](O)[C@@]3(C[C@@H](O)[C@@]21O)C[C@@]4(C)O. The lowest BCUT2D eigenvalue weighted by Crippen LogP contribution is -2.62. The summed E-state index contributed by atoms with van der Waals surface area (Å²) in [5.41, 5.74) is -6.94. The summed E-state index contributed by atoms with van der Waals surface area (Å²) in [6, 6.07) is 0. The van der Waals surface area contributed by atoms with Gasteiger partial charge in [0.15, 0.2) is 0 Å². The number of hydrogen-bond donors (Lipinski definition) is 7. The van der Waals surface area contributed by atoms with Gasteiger partial charge >= 0.3 is 0 Å². The van der Waals surface area contributed by atoms with Gasteiger partial charge in [0.25, 0.3) is 0 Å². The lowest BCUT2D eigenvalue weighted by molar-refractivity contribution is -0.209. The molecule has 156 valence electrons. The van der Waals surface area contributed by atoms with E-state index in [2.05, 4.69) is 0 Å². The monoisotopic (exact) mass is 386 g/mol. The lowest BCUT2D eigenvalue weighted by Gasteiger charge is -2.51. The molecule has 0 unspecified atom stereocenters. The smallest absolute Gasteiger partial charge is 0.106 e. The Balaban J connectivity index is 1.92. The van der Waals surface area contributed by atoms with Crippen molar-refractivity contribution in [2.75, 3.05) is 0 Å². The third kappa shape index (κ3) is 2.02. The molecule has 0 aromatic rings. The summed E-state index contributed by atoms with van der Waals surface area (Å²) in [5, 5.41) is 78.0. The average Bonchev–Trinajstić information content (AvgIpc) is 2.71. The van der Waals surface area contributed by atoms with Gasteiger partial charge in [-0.3, -0.25) is 0 Å². The number of aliphatic hydroxyl groups excluding tert-OH is 4. The molecule has 0 heterocycles. The van der Waals surface area contributed by atoms with Crippen molar-refractivity contribution in [3.8, 4) is 0 Å². The van der Waals surface area contributed by atoms with E-state index in [-0.39, 0.29) is 18.8 Å². The van der Waals surface area contributed by atoms with E-state index in [1.165, 1.54) is 6.92 Å². The summed E-state index contributed by atoms with van der Waals surface area (Å²) in [6.07, 6.45) is -3.78. The normalized spacial score (nSPS) is 64.8. The minimum Gasteiger partial charge on any atom is -0.392 e. The summed E-state index contributed by atoms with van der Waals surface area (Å²) in [6.45, 7) is 6.38. The van der Waals surface area contributed by atoms with Crippen molar-refractivity contribution in [2.45, 2.75) is 94.6 Å². The molecule has 27 heavy (non-hydrogen) atoms. The largest absolute Gasteiger partial charge is 0.392 e. The maximum Gasteiger partial charge on any atom is 0.106 e. The average molecular weight is 386 g/mol. The fourth-order valence-electron chi connectivity index (χ4n) is 7.95. The first-order chi connectivity index (χ1) is 12.2. The van der Waals surface area contributed by atoms with E-state index in [4.69, 9.17) is 0 Å². The molecule has 2 bridgehead atoms. The van der Waals surface area contributed by atoms with Crippen LogP contribution in [0.5, 0.6) is 0 Å². The molecule has 11 atom stereocenters. The van der Waals surface area contributed by atoms with Gasteiger partial charge in [0.05, 0.1) is 35.6 Å². The fourth-order valence-corrected chi connectivity index (χ4v) is 7.95. The van der Waals surface area contributed by atoms with Crippen LogP contribution in [0.1, 0.15) is 53.4 Å². The molecule has 0 aliphatic heterocycles. The Bertz CT molecular complexity index is 646. The van der Waals surface area contributed by atoms with Gasteiger partial charge in [0.2, 0.25) is 0 Å². The summed E-state index contributed by atoms with van der Waals surface area (Å²) in [4.78, 5) is 0. The van der Waals surface area contributed by atoms with E-state index in [9.17, 15) is 35.7 Å². The van der Waals surface area contributed by atoms with Crippen molar-refractivity contribution in [1.29, 1.82) is 0 Å². The maximum absolute atomic E-state index is 11.7. The third-order valence-electron chi connectivity index (χ3n) is 9.24. The topological polar surface area (TPSA) is 142 Å². The van der Waals surface area contributed by atoms with Gasteiger partial charge in [-0.1, -0.05) is 13.8 Å². The molecular weight excluding hydrogens is 352 g/mol. The molecule has 7 heteroatoms. The second-order valence-corrected chi connectivity index (χ2v) is 10.9. The molecule has 0 amide bonds. The summed E-state index contributed by atoms with van der Waals surface area (Å²) < 4.78 is 0. The molecule has 7 N–H and O–H groups in total. The Morgan fingerprint density at radius 1 is 0.815 bits per heavy atom. The highest BCUT2D eigenvalue weighted by Crippen LogP contribution is 2.69. The van der Waals surface area contributed by atoms with Crippen LogP contribution in [0.3, 0.4) is 0 Å². The minimum absolute atomic E-state index is 0.00248. The Labute approximate surface area is 159 Å². The summed E-state index contributed by atoms with van der Waals surface area (Å²) in [7, 11) is 0. The van der Waals surface area contributed by atoms with Crippen LogP contribution in [-0.4, -0.2) is 77.0 Å². The molecule has 4 rings (SSSR count). The number of aliphatic hydroxyl groups is 7. The quantitative estimate of drug-likeness (QED) is 0.287. The van der Waals surface area contributed by atoms with Crippen LogP contribution in [0.4, 0.5) is 0 Å². The molecule has 0 saturated heterocycles. The Morgan fingerprint density at radius 3 is 2.00 bits per heavy atom. The molecule has 4 aliphatic carbocycles. The van der Waals surface area contributed by atoms with Crippen LogP contribution < -0.4 is 0 Å². The highest BCUT2D eigenvalue weighted by molar-refractivity contribution is 5.27. The first-order valence-corrected chi connectivity index (χ1v) is 10.0. The zero-order valence-electron chi connectivity index (χ0n) is 16.5. The van der Waals surface area contributed by atoms with Crippen molar-refractivity contribution >= 4 is 0 Å². The van der Waals surface area contributed by atoms with E-state index in [1.807, 2.05) is 0 Å². The Hall–Kier alpha value is -0.280. The third-order valence-corrected chi connectivity index (χ3v) is 9.24. The van der Waals surface area contributed by atoms with Crippen LogP contribution in [0.15, 0.2) is 0 Å². The molecule has 4 fully saturated rings. The van der Waals surface area contributed by atoms with E-state index in [0.29, 0.717) is 12.8 Å². The van der Waals surface area contributed by atoms with Crippen molar-refractivity contribution in [3.63, 3.8) is 0 Å². The van der Waals surface area contributed by atoms with Gasteiger partial charge in [-0.2, -0.15) is 0 Å². The standard InChI is InChI=1S/C20H34O7/c1-16(2)15(24)12(22)13-18(4,26)10-6-5-9-14(23)19(10,8-17(9,3)25)7-11(21)20(13,16)27/h9-15,21-27H,5-8H2,1-4H3/t9-,10+,11-,12+,13+,14+,15+,17-,18-,19+,20-/m1/s1. The molecular formula is C20H34O7. The number of fused-ring (bicyclic) bond motifs is 2. The van der Waals surface area contributed by atoms with Crippen LogP contribution in [0.25, 0.3) is 0 Å². The molecule has 7 nitrogen and oxygen atoms in total. The highest BCUT2D eigenvalue weighted by Gasteiger charge is 2.78. The van der Waals surface area contributed by atoms with E-state index in [1.54, 1.807) is 20.8 Å². The molecule has 0 radical (unpaired) electrons. The Kier molecular flexibility index (Phi) is 3.89. The van der Waals surface area contributed by atoms with Crippen molar-refractivity contribution in [2.24, 2.45) is 28.6 Å².